The van der Waals surface area contributed by atoms with Crippen molar-refractivity contribution in [3.63, 3.8) is 0 Å². The van der Waals surface area contributed by atoms with E-state index in [0.29, 0.717) is 6.54 Å². The molecule has 2 aromatic heterocycles. The van der Waals surface area contributed by atoms with Gasteiger partial charge in [0, 0.05) is 61.6 Å². The molecule has 1 aromatic carbocycles. The highest BCUT2D eigenvalue weighted by molar-refractivity contribution is 7.15. The molecule has 0 aliphatic carbocycles. The molecule has 0 radical (unpaired) electrons. The summed E-state index contributed by atoms with van der Waals surface area (Å²) in [7, 11) is 0. The minimum absolute atomic E-state index is 0.0181. The highest BCUT2D eigenvalue weighted by Gasteiger charge is 2.18. The number of hydrogen-bond donors (Lipinski definition) is 0. The van der Waals surface area contributed by atoms with Crippen molar-refractivity contribution in [2.45, 2.75) is 13.5 Å². The fourth-order valence-corrected chi connectivity index (χ4v) is 4.01. The molecule has 0 amide bonds. The van der Waals surface area contributed by atoms with Crippen LogP contribution in [0.1, 0.15) is 23.0 Å². The molecule has 0 bridgehead atoms. The molecule has 134 valence electrons. The van der Waals surface area contributed by atoms with Gasteiger partial charge >= 0.3 is 0 Å². The van der Waals surface area contributed by atoms with Crippen LogP contribution >= 0.6 is 11.3 Å². The van der Waals surface area contributed by atoms with Gasteiger partial charge in [-0.2, -0.15) is 0 Å². The van der Waals surface area contributed by atoms with Crippen molar-refractivity contribution < 1.29 is 4.79 Å². The van der Waals surface area contributed by atoms with Gasteiger partial charge in [-0.3, -0.25) is 18.9 Å². The summed E-state index contributed by atoms with van der Waals surface area (Å²) in [4.78, 5) is 33.5. The highest BCUT2D eigenvalue weighted by atomic mass is 32.1. The normalized spacial score (nSPS) is 15.5. The van der Waals surface area contributed by atoms with E-state index in [1.165, 1.54) is 11.3 Å². The number of carbonyl (C=O) groups excluding carboxylic acids is 1. The maximum absolute atomic E-state index is 12.1. The quantitative estimate of drug-likeness (QED) is 0.662. The van der Waals surface area contributed by atoms with Gasteiger partial charge in [0.25, 0.3) is 5.56 Å². The first-order valence-corrected chi connectivity index (χ1v) is 9.52. The Morgan fingerprint density at radius 1 is 1.15 bits per heavy atom. The van der Waals surface area contributed by atoms with Crippen molar-refractivity contribution in [2.75, 3.05) is 31.1 Å². The van der Waals surface area contributed by atoms with E-state index in [4.69, 9.17) is 0 Å². The number of hydrogen-bond acceptors (Lipinski definition) is 6. The number of Topliss-reactive ketones (excluding diaryl/α,β-unsaturated/α-hetero) is 1. The van der Waals surface area contributed by atoms with Crippen LogP contribution in [0.2, 0.25) is 0 Å². The lowest BCUT2D eigenvalue weighted by atomic mass is 10.1. The summed E-state index contributed by atoms with van der Waals surface area (Å²) in [5, 5.41) is 1.88. The Morgan fingerprint density at radius 2 is 1.88 bits per heavy atom. The zero-order valence-electron chi connectivity index (χ0n) is 14.6. The molecular formula is C19H20N4O2S. The van der Waals surface area contributed by atoms with Gasteiger partial charge in [0.05, 0.1) is 5.69 Å². The van der Waals surface area contributed by atoms with Crippen LogP contribution < -0.4 is 10.5 Å². The third-order valence-electron chi connectivity index (χ3n) is 4.75. The zero-order valence-corrected chi connectivity index (χ0v) is 15.4. The number of carbonyl (C=O) groups is 1. The Balaban J connectivity index is 1.39. The largest absolute Gasteiger partial charge is 0.369 e. The summed E-state index contributed by atoms with van der Waals surface area (Å²) in [5.41, 5.74) is 2.70. The van der Waals surface area contributed by atoms with Crippen molar-refractivity contribution in [3.8, 4) is 0 Å². The fraction of sp³-hybridized carbons (Fsp3) is 0.316. The summed E-state index contributed by atoms with van der Waals surface area (Å²) < 4.78 is 1.58. The van der Waals surface area contributed by atoms with Gasteiger partial charge in [-0.05, 0) is 31.2 Å². The number of nitrogens with zero attached hydrogens (tertiary/aromatic N) is 4. The molecule has 3 aromatic rings. The molecule has 1 aliphatic rings. The summed E-state index contributed by atoms with van der Waals surface area (Å²) in [6.45, 7) is 5.95. The minimum atomic E-state index is -0.0181. The van der Waals surface area contributed by atoms with Crippen molar-refractivity contribution in [2.24, 2.45) is 0 Å². The lowest BCUT2D eigenvalue weighted by Crippen LogP contribution is -2.46. The number of anilines is 1. The third kappa shape index (κ3) is 3.40. The van der Waals surface area contributed by atoms with Crippen molar-refractivity contribution in [3.05, 3.63) is 63.5 Å². The van der Waals surface area contributed by atoms with E-state index in [2.05, 4.69) is 14.8 Å². The Morgan fingerprint density at radius 3 is 2.58 bits per heavy atom. The predicted octanol–water partition coefficient (Wildman–Crippen LogP) is 2.28. The smallest absolute Gasteiger partial charge is 0.258 e. The van der Waals surface area contributed by atoms with Crippen LogP contribution in [-0.4, -0.2) is 46.2 Å². The second-order valence-electron chi connectivity index (χ2n) is 6.51. The molecule has 0 unspecified atom stereocenters. The minimum Gasteiger partial charge on any atom is -0.369 e. The second-order valence-corrected chi connectivity index (χ2v) is 7.38. The van der Waals surface area contributed by atoms with Crippen molar-refractivity contribution >= 4 is 27.8 Å². The van der Waals surface area contributed by atoms with Crippen LogP contribution in [0.4, 0.5) is 5.69 Å². The second kappa shape index (κ2) is 7.01. The van der Waals surface area contributed by atoms with E-state index >= 15 is 0 Å². The average Bonchev–Trinajstić information content (AvgIpc) is 3.12. The van der Waals surface area contributed by atoms with Crippen molar-refractivity contribution in [1.82, 2.24) is 14.3 Å². The molecule has 1 saturated heterocycles. The van der Waals surface area contributed by atoms with Gasteiger partial charge in [0.15, 0.2) is 10.7 Å². The molecule has 7 heteroatoms. The SMILES string of the molecule is CC(=O)c1ccc(N2CCN(Cc3cc(=O)n4ccsc4n3)CC2)cc1. The highest BCUT2D eigenvalue weighted by Crippen LogP contribution is 2.18. The maximum Gasteiger partial charge on any atom is 0.258 e. The molecule has 0 atom stereocenters. The number of piperazine rings is 1. The molecular weight excluding hydrogens is 348 g/mol. The average molecular weight is 368 g/mol. The number of rotatable bonds is 4. The zero-order chi connectivity index (χ0) is 18.1. The van der Waals surface area contributed by atoms with E-state index in [9.17, 15) is 9.59 Å². The molecule has 4 rings (SSSR count). The first-order valence-electron chi connectivity index (χ1n) is 8.64. The summed E-state index contributed by atoms with van der Waals surface area (Å²) in [6, 6.07) is 9.43. The first kappa shape index (κ1) is 16.9. The topological polar surface area (TPSA) is 57.9 Å². The van der Waals surface area contributed by atoms with E-state index in [-0.39, 0.29) is 11.3 Å². The number of fused-ring (bicyclic) bond motifs is 1. The fourth-order valence-electron chi connectivity index (χ4n) is 3.27. The Kier molecular flexibility index (Phi) is 4.57. The van der Waals surface area contributed by atoms with Gasteiger partial charge in [-0.1, -0.05) is 0 Å². The van der Waals surface area contributed by atoms with Crippen LogP contribution in [0.5, 0.6) is 0 Å². The van der Waals surface area contributed by atoms with Crippen LogP contribution in [0.3, 0.4) is 0 Å². The lowest BCUT2D eigenvalue weighted by molar-refractivity contribution is 0.101. The molecule has 0 spiro atoms. The Hall–Kier alpha value is -2.51. The predicted molar refractivity (Wildman–Crippen MR) is 103 cm³/mol. The molecule has 1 fully saturated rings. The summed E-state index contributed by atoms with van der Waals surface area (Å²) in [5.74, 6) is 0.0903. The van der Waals surface area contributed by atoms with Gasteiger partial charge < -0.3 is 4.90 Å². The van der Waals surface area contributed by atoms with Crippen molar-refractivity contribution in [1.29, 1.82) is 0 Å². The van der Waals surface area contributed by atoms with E-state index in [0.717, 1.165) is 48.1 Å². The lowest BCUT2D eigenvalue weighted by Gasteiger charge is -2.36. The number of ketones is 1. The van der Waals surface area contributed by atoms with E-state index in [1.54, 1.807) is 23.6 Å². The molecule has 1 aliphatic heterocycles. The van der Waals surface area contributed by atoms with E-state index < -0.39 is 0 Å². The van der Waals surface area contributed by atoms with Gasteiger partial charge in [-0.25, -0.2) is 4.98 Å². The van der Waals surface area contributed by atoms with Gasteiger partial charge in [0.2, 0.25) is 0 Å². The first-order chi connectivity index (χ1) is 12.6. The molecule has 6 nitrogen and oxygen atoms in total. The van der Waals surface area contributed by atoms with Crippen LogP contribution in [0.25, 0.3) is 4.96 Å². The molecule has 3 heterocycles. The Labute approximate surface area is 155 Å². The number of thiazole rings is 1. The van der Waals surface area contributed by atoms with Crippen LogP contribution in [0.15, 0.2) is 46.7 Å². The molecule has 0 N–H and O–H groups in total. The van der Waals surface area contributed by atoms with Gasteiger partial charge in [0.1, 0.15) is 0 Å². The maximum atomic E-state index is 12.1. The van der Waals surface area contributed by atoms with Crippen LogP contribution in [0, 0.1) is 0 Å². The van der Waals surface area contributed by atoms with E-state index in [1.807, 2.05) is 29.6 Å². The van der Waals surface area contributed by atoms with Gasteiger partial charge in [-0.15, -0.1) is 11.3 Å². The van der Waals surface area contributed by atoms with Crippen LogP contribution in [-0.2, 0) is 6.54 Å². The standard InChI is InChI=1S/C19H20N4O2S/c1-14(24)15-2-4-17(5-3-15)22-8-6-21(7-9-22)13-16-12-18(25)23-10-11-26-19(23)20-16/h2-5,10-12H,6-9,13H2,1H3. The Bertz CT molecular complexity index is 985. The number of benzene rings is 1. The molecule has 0 saturated carbocycles. The summed E-state index contributed by atoms with van der Waals surface area (Å²) in [6.07, 6.45) is 1.76. The monoisotopic (exact) mass is 368 g/mol. The number of aromatic nitrogens is 2. The third-order valence-corrected chi connectivity index (χ3v) is 5.51. The molecule has 26 heavy (non-hydrogen) atoms. The summed E-state index contributed by atoms with van der Waals surface area (Å²) >= 11 is 1.48.